The molecule has 4 aliphatic carbocycles. The minimum absolute atomic E-state index is 0. The summed E-state index contributed by atoms with van der Waals surface area (Å²) < 4.78 is 5.98. The van der Waals surface area contributed by atoms with E-state index < -0.39 is 6.04 Å². The van der Waals surface area contributed by atoms with E-state index >= 15 is 0 Å². The number of hydrogen-bond donors (Lipinski definition) is 2. The largest absolute Gasteiger partial charge is 0.457 e. The Morgan fingerprint density at radius 1 is 1.08 bits per heavy atom. The number of H-pyrrole nitrogens is 1. The number of para-hydroxylation sites is 1. The smallest absolute Gasteiger partial charge is 0.323 e. The Hall–Kier alpha value is -2.11. The van der Waals surface area contributed by atoms with Gasteiger partial charge >= 0.3 is 5.97 Å². The molecular weight excluding hydrogens is 496 g/mol. The molecular formula is C32H43ClN2O3. The van der Waals surface area contributed by atoms with E-state index in [2.05, 4.69) is 31.0 Å². The molecule has 0 radical (unpaired) electrons. The lowest BCUT2D eigenvalue weighted by molar-refractivity contribution is -0.150. The van der Waals surface area contributed by atoms with Gasteiger partial charge in [-0.25, -0.2) is 0 Å². The maximum atomic E-state index is 13.0. The molecule has 1 heterocycles. The monoisotopic (exact) mass is 538 g/mol. The molecule has 0 aliphatic heterocycles. The number of esters is 1. The van der Waals surface area contributed by atoms with Gasteiger partial charge in [-0.1, -0.05) is 37.6 Å². The maximum Gasteiger partial charge on any atom is 0.323 e. The second-order valence-corrected chi connectivity index (χ2v) is 13.0. The number of carbonyl (C=O) groups excluding carboxylic acids is 2. The summed E-state index contributed by atoms with van der Waals surface area (Å²) >= 11 is 0. The van der Waals surface area contributed by atoms with Crippen molar-refractivity contribution in [3.05, 3.63) is 47.7 Å². The number of hydrogen-bond acceptors (Lipinski definition) is 4. The molecule has 4 aliphatic rings. The Bertz CT molecular complexity index is 1250. The highest BCUT2D eigenvalue weighted by molar-refractivity contribution is 5.85. The molecule has 3 fully saturated rings. The van der Waals surface area contributed by atoms with Gasteiger partial charge < -0.3 is 15.5 Å². The van der Waals surface area contributed by atoms with E-state index in [4.69, 9.17) is 10.5 Å². The zero-order valence-electron chi connectivity index (χ0n) is 23.0. The highest BCUT2D eigenvalue weighted by Crippen LogP contribution is 2.66. The molecule has 0 unspecified atom stereocenters. The fraction of sp³-hybridized carbons (Fsp3) is 0.625. The number of halogens is 1. The molecule has 1 aromatic carbocycles. The lowest BCUT2D eigenvalue weighted by Crippen LogP contribution is -2.51. The van der Waals surface area contributed by atoms with Gasteiger partial charge in [-0.15, -0.1) is 12.4 Å². The van der Waals surface area contributed by atoms with Crippen LogP contribution in [-0.2, 0) is 20.7 Å². The van der Waals surface area contributed by atoms with Crippen molar-refractivity contribution in [1.29, 1.82) is 0 Å². The first-order chi connectivity index (χ1) is 17.7. The normalized spacial score (nSPS) is 36.7. The van der Waals surface area contributed by atoms with Gasteiger partial charge in [-0.2, -0.15) is 0 Å². The SMILES string of the molecule is CC(=O)[C@H]1CC[C@H]2[C@@H]3CCC4=C[C@@H](OC(=O)[C@@H](N)Cc5c[nH]c6ccccc56)CC[C@]4(C)[C@H]3CC[C@]12C.Cl. The Balaban J connectivity index is 0.00000294. The number of ether oxygens (including phenoxy) is 1. The number of fused-ring (bicyclic) bond motifs is 6. The Labute approximate surface area is 232 Å². The van der Waals surface area contributed by atoms with Gasteiger partial charge in [-0.05, 0) is 105 Å². The fourth-order valence-electron chi connectivity index (χ4n) is 9.31. The van der Waals surface area contributed by atoms with E-state index in [1.165, 1.54) is 31.3 Å². The first-order valence-corrected chi connectivity index (χ1v) is 14.4. The van der Waals surface area contributed by atoms with Crippen molar-refractivity contribution in [2.75, 3.05) is 0 Å². The Morgan fingerprint density at radius 3 is 2.66 bits per heavy atom. The summed E-state index contributed by atoms with van der Waals surface area (Å²) in [7, 11) is 0. The number of benzene rings is 1. The van der Waals surface area contributed by atoms with Gasteiger partial charge in [0.05, 0.1) is 0 Å². The molecule has 38 heavy (non-hydrogen) atoms. The van der Waals surface area contributed by atoms with Crippen LogP contribution in [0, 0.1) is 34.5 Å². The van der Waals surface area contributed by atoms with Crippen LogP contribution in [0.1, 0.15) is 77.7 Å². The zero-order valence-corrected chi connectivity index (χ0v) is 23.8. The average Bonchev–Trinajstić information content (AvgIpc) is 3.45. The molecule has 6 rings (SSSR count). The van der Waals surface area contributed by atoms with Crippen molar-refractivity contribution >= 4 is 35.1 Å². The van der Waals surface area contributed by atoms with E-state index in [-0.39, 0.29) is 41.2 Å². The van der Waals surface area contributed by atoms with E-state index in [0.717, 1.165) is 42.1 Å². The summed E-state index contributed by atoms with van der Waals surface area (Å²) in [6, 6.07) is 7.42. The van der Waals surface area contributed by atoms with E-state index in [9.17, 15) is 9.59 Å². The highest BCUT2D eigenvalue weighted by atomic mass is 35.5. The minimum atomic E-state index is -0.672. The summed E-state index contributed by atoms with van der Waals surface area (Å²) in [5.41, 5.74) is 10.3. The summed E-state index contributed by atoms with van der Waals surface area (Å²) in [5.74, 6) is 2.42. The third-order valence-electron chi connectivity index (χ3n) is 11.2. The highest BCUT2D eigenvalue weighted by Gasteiger charge is 2.59. The number of aromatic amines is 1. The number of ketones is 1. The number of carbonyl (C=O) groups is 2. The molecule has 3 saturated carbocycles. The van der Waals surface area contributed by atoms with Gasteiger partial charge in [0.1, 0.15) is 17.9 Å². The van der Waals surface area contributed by atoms with Crippen LogP contribution in [0.5, 0.6) is 0 Å². The summed E-state index contributed by atoms with van der Waals surface area (Å²) in [4.78, 5) is 28.6. The third kappa shape index (κ3) is 4.34. The van der Waals surface area contributed by atoms with Crippen LogP contribution in [0.4, 0.5) is 0 Å². The standard InChI is InChI=1S/C32H42N2O3.ClH/c1-19(35)25-10-11-26-24-9-8-21-17-22(12-14-31(21,2)27(24)13-15-32(25,26)3)37-30(36)28(33)16-20-18-34-29-7-5-4-6-23(20)29;/h4-7,17-18,22,24-28,34H,8-16,33H2,1-3H3;1H/t22-,24-,25+,26-,27-,28-,31-,32+;/m0./s1. The Kier molecular flexibility index (Phi) is 7.32. The van der Waals surface area contributed by atoms with Crippen molar-refractivity contribution in [2.45, 2.75) is 90.7 Å². The topological polar surface area (TPSA) is 85.2 Å². The van der Waals surface area contributed by atoms with Gasteiger partial charge in [0.2, 0.25) is 0 Å². The van der Waals surface area contributed by atoms with Crippen LogP contribution in [-0.4, -0.2) is 28.9 Å². The summed E-state index contributed by atoms with van der Waals surface area (Å²) in [5, 5.41) is 1.11. The minimum Gasteiger partial charge on any atom is -0.457 e. The molecule has 0 saturated heterocycles. The fourth-order valence-corrected chi connectivity index (χ4v) is 9.31. The first-order valence-electron chi connectivity index (χ1n) is 14.4. The number of Topliss-reactive ketones (excluding diaryl/α,β-unsaturated/α-hetero) is 1. The molecule has 5 nitrogen and oxygen atoms in total. The number of aromatic nitrogens is 1. The molecule has 206 valence electrons. The molecule has 8 atom stereocenters. The van der Waals surface area contributed by atoms with Crippen LogP contribution < -0.4 is 5.73 Å². The summed E-state index contributed by atoms with van der Waals surface area (Å²) in [6.45, 7) is 6.69. The van der Waals surface area contributed by atoms with Crippen LogP contribution in [0.2, 0.25) is 0 Å². The molecule has 0 spiro atoms. The summed E-state index contributed by atoms with van der Waals surface area (Å²) in [6.07, 6.45) is 13.4. The molecule has 6 heteroatoms. The van der Waals surface area contributed by atoms with Crippen molar-refractivity contribution in [1.82, 2.24) is 4.98 Å². The Morgan fingerprint density at radius 2 is 1.87 bits per heavy atom. The number of nitrogens with one attached hydrogen (secondary N) is 1. The van der Waals surface area contributed by atoms with Crippen LogP contribution in [0.25, 0.3) is 10.9 Å². The van der Waals surface area contributed by atoms with Crippen LogP contribution >= 0.6 is 12.4 Å². The van der Waals surface area contributed by atoms with Crippen molar-refractivity contribution < 1.29 is 14.3 Å². The predicted octanol–water partition coefficient (Wildman–Crippen LogP) is 6.54. The second kappa shape index (κ2) is 10.1. The van der Waals surface area contributed by atoms with E-state index in [1.807, 2.05) is 31.3 Å². The predicted molar refractivity (Wildman–Crippen MR) is 153 cm³/mol. The zero-order chi connectivity index (χ0) is 25.9. The van der Waals surface area contributed by atoms with Crippen molar-refractivity contribution in [3.63, 3.8) is 0 Å². The average molecular weight is 539 g/mol. The van der Waals surface area contributed by atoms with Crippen molar-refractivity contribution in [3.8, 4) is 0 Å². The lowest BCUT2D eigenvalue weighted by Gasteiger charge is -2.58. The number of allylic oxidation sites excluding steroid dienone is 1. The lowest BCUT2D eigenvalue weighted by atomic mass is 9.46. The first kappa shape index (κ1) is 27.5. The second-order valence-electron chi connectivity index (χ2n) is 13.0. The third-order valence-corrected chi connectivity index (χ3v) is 11.2. The number of nitrogens with two attached hydrogens (primary N) is 1. The molecule has 0 bridgehead atoms. The van der Waals surface area contributed by atoms with Crippen LogP contribution in [0.15, 0.2) is 42.1 Å². The molecule has 0 amide bonds. The molecule has 1 aromatic heterocycles. The maximum absolute atomic E-state index is 13.0. The molecule has 2 aromatic rings. The van der Waals surface area contributed by atoms with E-state index in [0.29, 0.717) is 30.0 Å². The van der Waals surface area contributed by atoms with Gasteiger partial charge in [0, 0.05) is 29.4 Å². The van der Waals surface area contributed by atoms with E-state index in [1.54, 1.807) is 0 Å². The van der Waals surface area contributed by atoms with Gasteiger partial charge in [0.25, 0.3) is 0 Å². The number of rotatable bonds is 5. The van der Waals surface area contributed by atoms with Gasteiger partial charge in [-0.3, -0.25) is 9.59 Å². The van der Waals surface area contributed by atoms with Gasteiger partial charge in [0.15, 0.2) is 0 Å². The van der Waals surface area contributed by atoms with Crippen molar-refractivity contribution in [2.24, 2.45) is 40.2 Å². The quantitative estimate of drug-likeness (QED) is 0.334. The molecule has 3 N–H and O–H groups in total. The van der Waals surface area contributed by atoms with Crippen LogP contribution in [0.3, 0.4) is 0 Å².